The summed E-state index contributed by atoms with van der Waals surface area (Å²) >= 11 is 0. The summed E-state index contributed by atoms with van der Waals surface area (Å²) in [5, 5.41) is 19.7. The zero-order chi connectivity index (χ0) is 15.6. The standard InChI is InChI=1S/C13H18N2O5S/c14-12(17)8-11(16)13(18)9-3-1-4-10(7-9)15-5-2-6-21(15,19)20/h1,3-4,7,11,13,16,18H,2,5-6,8H2,(H2,14,17). The maximum Gasteiger partial charge on any atom is 0.235 e. The van der Waals surface area contributed by atoms with Gasteiger partial charge in [0, 0.05) is 6.54 Å². The lowest BCUT2D eigenvalue weighted by atomic mass is 10.0. The van der Waals surface area contributed by atoms with Gasteiger partial charge in [0.1, 0.15) is 6.10 Å². The highest BCUT2D eigenvalue weighted by atomic mass is 32.2. The van der Waals surface area contributed by atoms with E-state index < -0.39 is 28.1 Å². The normalized spacial score (nSPS) is 20.2. The van der Waals surface area contributed by atoms with Gasteiger partial charge in [0.25, 0.3) is 0 Å². The van der Waals surface area contributed by atoms with Crippen LogP contribution in [-0.4, -0.2) is 42.9 Å². The van der Waals surface area contributed by atoms with Crippen molar-refractivity contribution in [2.45, 2.75) is 25.0 Å². The quantitative estimate of drug-likeness (QED) is 0.676. The smallest absolute Gasteiger partial charge is 0.235 e. The second-order valence-corrected chi connectivity index (χ2v) is 7.03. The lowest BCUT2D eigenvalue weighted by Gasteiger charge is -2.21. The number of carbonyl (C=O) groups excluding carboxylic acids is 1. The Balaban J connectivity index is 2.23. The summed E-state index contributed by atoms with van der Waals surface area (Å²) in [5.74, 6) is -0.621. The maximum absolute atomic E-state index is 11.9. The van der Waals surface area contributed by atoms with E-state index in [2.05, 4.69) is 0 Å². The van der Waals surface area contributed by atoms with E-state index in [9.17, 15) is 23.4 Å². The number of nitrogens with zero attached hydrogens (tertiary/aromatic N) is 1. The summed E-state index contributed by atoms with van der Waals surface area (Å²) in [7, 11) is -3.31. The van der Waals surface area contributed by atoms with E-state index in [4.69, 9.17) is 5.73 Å². The van der Waals surface area contributed by atoms with Crippen molar-refractivity contribution in [2.75, 3.05) is 16.6 Å². The molecule has 0 radical (unpaired) electrons. The fourth-order valence-corrected chi connectivity index (χ4v) is 3.89. The highest BCUT2D eigenvalue weighted by Crippen LogP contribution is 2.28. The van der Waals surface area contributed by atoms with Gasteiger partial charge in [-0.2, -0.15) is 0 Å². The predicted octanol–water partition coefficient (Wildman–Crippen LogP) is -0.504. The predicted molar refractivity (Wildman–Crippen MR) is 77.0 cm³/mol. The number of aliphatic hydroxyl groups excluding tert-OH is 2. The fourth-order valence-electron chi connectivity index (χ4n) is 2.33. The molecule has 1 heterocycles. The van der Waals surface area contributed by atoms with E-state index in [0.29, 0.717) is 24.2 Å². The second kappa shape index (κ2) is 6.00. The average Bonchev–Trinajstić information content (AvgIpc) is 2.77. The topological polar surface area (TPSA) is 121 Å². The van der Waals surface area contributed by atoms with Crippen LogP contribution in [0.25, 0.3) is 0 Å². The number of aliphatic hydroxyl groups is 2. The number of carbonyl (C=O) groups is 1. The number of benzene rings is 1. The molecular weight excluding hydrogens is 296 g/mol. The lowest BCUT2D eigenvalue weighted by Crippen LogP contribution is -2.27. The Labute approximate surface area is 123 Å². The molecule has 21 heavy (non-hydrogen) atoms. The van der Waals surface area contributed by atoms with Crippen LogP contribution < -0.4 is 10.0 Å². The highest BCUT2D eigenvalue weighted by Gasteiger charge is 2.29. The van der Waals surface area contributed by atoms with E-state index in [1.807, 2.05) is 0 Å². The maximum atomic E-state index is 11.9. The largest absolute Gasteiger partial charge is 0.390 e. The van der Waals surface area contributed by atoms with Crippen molar-refractivity contribution >= 4 is 21.6 Å². The molecule has 8 heteroatoms. The van der Waals surface area contributed by atoms with Crippen molar-refractivity contribution in [1.29, 1.82) is 0 Å². The van der Waals surface area contributed by atoms with Crippen molar-refractivity contribution in [2.24, 2.45) is 5.73 Å². The Bertz CT molecular complexity index is 631. The third-order valence-electron chi connectivity index (χ3n) is 3.37. The summed E-state index contributed by atoms with van der Waals surface area (Å²) in [6.45, 7) is 0.395. The third-order valence-corrected chi connectivity index (χ3v) is 5.24. The monoisotopic (exact) mass is 314 g/mol. The number of primary amides is 1. The first kappa shape index (κ1) is 15.7. The van der Waals surface area contributed by atoms with Crippen molar-refractivity contribution in [3.8, 4) is 0 Å². The van der Waals surface area contributed by atoms with Crippen molar-refractivity contribution in [3.05, 3.63) is 29.8 Å². The van der Waals surface area contributed by atoms with Crippen LogP contribution in [0.1, 0.15) is 24.5 Å². The van der Waals surface area contributed by atoms with Gasteiger partial charge in [-0.25, -0.2) is 8.42 Å². The minimum Gasteiger partial charge on any atom is -0.390 e. The summed E-state index contributed by atoms with van der Waals surface area (Å²) in [4.78, 5) is 10.8. The molecule has 0 saturated carbocycles. The fraction of sp³-hybridized carbons (Fsp3) is 0.462. The van der Waals surface area contributed by atoms with Crippen LogP contribution in [0.4, 0.5) is 5.69 Å². The molecule has 1 amide bonds. The van der Waals surface area contributed by atoms with Crippen LogP contribution in [-0.2, 0) is 14.8 Å². The Morgan fingerprint density at radius 3 is 2.67 bits per heavy atom. The molecule has 1 aliphatic rings. The first-order valence-corrected chi connectivity index (χ1v) is 8.17. The third kappa shape index (κ3) is 3.52. The average molecular weight is 314 g/mol. The van der Waals surface area contributed by atoms with Gasteiger partial charge in [-0.15, -0.1) is 0 Å². The van der Waals surface area contributed by atoms with E-state index in [1.165, 1.54) is 10.4 Å². The molecule has 1 aliphatic heterocycles. The molecule has 0 spiro atoms. The number of sulfonamides is 1. The number of amides is 1. The molecule has 0 bridgehead atoms. The number of hydrogen-bond acceptors (Lipinski definition) is 5. The van der Waals surface area contributed by atoms with Crippen LogP contribution in [0, 0.1) is 0 Å². The van der Waals surface area contributed by atoms with Crippen LogP contribution in [0.3, 0.4) is 0 Å². The first-order chi connectivity index (χ1) is 9.81. The lowest BCUT2D eigenvalue weighted by molar-refractivity contribution is -0.121. The first-order valence-electron chi connectivity index (χ1n) is 6.56. The molecule has 4 N–H and O–H groups in total. The molecule has 1 fully saturated rings. The van der Waals surface area contributed by atoms with Crippen molar-refractivity contribution < 1.29 is 23.4 Å². The minimum atomic E-state index is -3.31. The molecule has 2 atom stereocenters. The number of rotatable bonds is 5. The minimum absolute atomic E-state index is 0.101. The molecule has 1 saturated heterocycles. The van der Waals surface area contributed by atoms with E-state index >= 15 is 0 Å². The van der Waals surface area contributed by atoms with Crippen molar-refractivity contribution in [3.63, 3.8) is 0 Å². The Morgan fingerprint density at radius 2 is 2.10 bits per heavy atom. The Morgan fingerprint density at radius 1 is 1.38 bits per heavy atom. The molecule has 7 nitrogen and oxygen atoms in total. The number of anilines is 1. The van der Waals surface area contributed by atoms with Crippen LogP contribution >= 0.6 is 0 Å². The SMILES string of the molecule is NC(=O)CC(O)C(O)c1cccc(N2CCCS2(=O)=O)c1. The van der Waals surface area contributed by atoms with Gasteiger partial charge in [-0.3, -0.25) is 9.10 Å². The second-order valence-electron chi connectivity index (χ2n) is 5.02. The van der Waals surface area contributed by atoms with Crippen LogP contribution in [0.2, 0.25) is 0 Å². The zero-order valence-electron chi connectivity index (χ0n) is 11.3. The Hall–Kier alpha value is -1.64. The highest BCUT2D eigenvalue weighted by molar-refractivity contribution is 7.93. The summed E-state index contributed by atoms with van der Waals surface area (Å²) in [6, 6.07) is 6.27. The molecule has 2 rings (SSSR count). The zero-order valence-corrected chi connectivity index (χ0v) is 12.2. The van der Waals surface area contributed by atoms with E-state index in [-0.39, 0.29) is 12.2 Å². The van der Waals surface area contributed by atoms with Crippen LogP contribution in [0.5, 0.6) is 0 Å². The molecule has 1 aromatic carbocycles. The summed E-state index contributed by atoms with van der Waals surface area (Å²) in [5.41, 5.74) is 5.75. The van der Waals surface area contributed by atoms with E-state index in [1.54, 1.807) is 18.2 Å². The molecule has 1 aromatic rings. The Kier molecular flexibility index (Phi) is 4.50. The molecule has 2 unspecified atom stereocenters. The molecule has 116 valence electrons. The number of nitrogens with two attached hydrogens (primary N) is 1. The van der Waals surface area contributed by atoms with Gasteiger partial charge in [0.2, 0.25) is 15.9 Å². The summed E-state index contributed by atoms with van der Waals surface area (Å²) < 4.78 is 25.0. The van der Waals surface area contributed by atoms with Crippen molar-refractivity contribution in [1.82, 2.24) is 0 Å². The molecular formula is C13H18N2O5S. The van der Waals surface area contributed by atoms with Gasteiger partial charge < -0.3 is 15.9 Å². The van der Waals surface area contributed by atoms with Crippen LogP contribution in [0.15, 0.2) is 24.3 Å². The van der Waals surface area contributed by atoms with E-state index in [0.717, 1.165) is 0 Å². The molecule has 0 aromatic heterocycles. The van der Waals surface area contributed by atoms with Gasteiger partial charge in [0.05, 0.1) is 24.0 Å². The summed E-state index contributed by atoms with van der Waals surface area (Å²) in [6.07, 6.45) is -2.44. The van der Waals surface area contributed by atoms with Gasteiger partial charge in [-0.05, 0) is 24.1 Å². The molecule has 0 aliphatic carbocycles. The van der Waals surface area contributed by atoms with Gasteiger partial charge in [-0.1, -0.05) is 12.1 Å². The van der Waals surface area contributed by atoms with Gasteiger partial charge in [0.15, 0.2) is 0 Å². The van der Waals surface area contributed by atoms with Gasteiger partial charge >= 0.3 is 0 Å². The number of hydrogen-bond donors (Lipinski definition) is 3.